The van der Waals surface area contributed by atoms with E-state index in [2.05, 4.69) is 24.2 Å². The number of benzene rings is 1. The van der Waals surface area contributed by atoms with Crippen molar-refractivity contribution in [3.8, 4) is 0 Å². The third-order valence-electron chi connectivity index (χ3n) is 3.74. The largest absolute Gasteiger partial charge is 0.315 e. The number of halogens is 1. The average Bonchev–Trinajstić information content (AvgIpc) is 2.86. The Morgan fingerprint density at radius 3 is 2.65 bits per heavy atom. The van der Waals surface area contributed by atoms with Crippen LogP contribution in [0.2, 0.25) is 0 Å². The zero-order valence-electron chi connectivity index (χ0n) is 10.6. The predicted octanol–water partition coefficient (Wildman–Crippen LogP) is 2.57. The van der Waals surface area contributed by atoms with Crippen molar-refractivity contribution in [3.63, 3.8) is 0 Å². The van der Waals surface area contributed by atoms with Crippen molar-refractivity contribution in [2.75, 3.05) is 20.1 Å². The molecular weight excluding hydrogens is 215 g/mol. The molecule has 0 spiro atoms. The first kappa shape index (κ1) is 12.5. The number of nitrogens with one attached hydrogen (secondary N) is 1. The van der Waals surface area contributed by atoms with E-state index >= 15 is 0 Å². The van der Waals surface area contributed by atoms with Crippen molar-refractivity contribution >= 4 is 0 Å². The first-order valence-corrected chi connectivity index (χ1v) is 6.40. The van der Waals surface area contributed by atoms with Crippen LogP contribution in [0.1, 0.15) is 31.4 Å². The van der Waals surface area contributed by atoms with Crippen LogP contribution in [0.5, 0.6) is 0 Å². The minimum absolute atomic E-state index is 0.159. The molecule has 2 nitrogen and oxygen atoms in total. The van der Waals surface area contributed by atoms with Gasteiger partial charge in [0.1, 0.15) is 5.82 Å². The smallest absolute Gasteiger partial charge is 0.123 e. The SMILES string of the molecule is CCC(c1ccc(F)cc1)N(C)C1CCNC1. The summed E-state index contributed by atoms with van der Waals surface area (Å²) < 4.78 is 12.9. The summed E-state index contributed by atoms with van der Waals surface area (Å²) >= 11 is 0. The van der Waals surface area contributed by atoms with Crippen molar-refractivity contribution in [1.29, 1.82) is 0 Å². The normalized spacial score (nSPS) is 22.0. The fourth-order valence-corrected chi connectivity index (χ4v) is 2.69. The Kier molecular flexibility index (Phi) is 4.13. The summed E-state index contributed by atoms with van der Waals surface area (Å²) in [4.78, 5) is 2.42. The van der Waals surface area contributed by atoms with Crippen molar-refractivity contribution < 1.29 is 4.39 Å². The van der Waals surface area contributed by atoms with E-state index in [0.717, 1.165) is 19.5 Å². The Balaban J connectivity index is 2.11. The molecule has 0 amide bonds. The third kappa shape index (κ3) is 2.85. The van der Waals surface area contributed by atoms with Crippen molar-refractivity contribution in [1.82, 2.24) is 10.2 Å². The molecule has 0 aliphatic carbocycles. The van der Waals surface area contributed by atoms with E-state index in [-0.39, 0.29) is 5.82 Å². The van der Waals surface area contributed by atoms with Crippen molar-refractivity contribution in [2.45, 2.75) is 31.8 Å². The van der Waals surface area contributed by atoms with E-state index in [1.54, 1.807) is 12.1 Å². The van der Waals surface area contributed by atoms with Gasteiger partial charge in [0.25, 0.3) is 0 Å². The highest BCUT2D eigenvalue weighted by Crippen LogP contribution is 2.26. The number of rotatable bonds is 4. The second-order valence-electron chi connectivity index (χ2n) is 4.79. The topological polar surface area (TPSA) is 15.3 Å². The zero-order valence-corrected chi connectivity index (χ0v) is 10.6. The Bertz CT molecular complexity index is 344. The van der Waals surface area contributed by atoms with E-state index in [1.807, 2.05) is 12.1 Å². The molecule has 1 saturated heterocycles. The van der Waals surface area contributed by atoms with E-state index in [1.165, 1.54) is 12.0 Å². The molecular formula is C14H21FN2. The highest BCUT2D eigenvalue weighted by atomic mass is 19.1. The lowest BCUT2D eigenvalue weighted by Gasteiger charge is -2.32. The number of nitrogens with zero attached hydrogens (tertiary/aromatic N) is 1. The molecule has 17 heavy (non-hydrogen) atoms. The van der Waals surface area contributed by atoms with E-state index in [4.69, 9.17) is 0 Å². The fraction of sp³-hybridized carbons (Fsp3) is 0.571. The lowest BCUT2D eigenvalue weighted by atomic mass is 10.0. The monoisotopic (exact) mass is 236 g/mol. The molecule has 1 heterocycles. The molecule has 2 rings (SSSR count). The molecule has 1 aliphatic heterocycles. The number of hydrogen-bond acceptors (Lipinski definition) is 2. The highest BCUT2D eigenvalue weighted by molar-refractivity contribution is 5.20. The molecule has 0 aromatic heterocycles. The van der Waals surface area contributed by atoms with Crippen LogP contribution in [0, 0.1) is 5.82 Å². The summed E-state index contributed by atoms with van der Waals surface area (Å²) in [5.74, 6) is -0.159. The maximum Gasteiger partial charge on any atom is 0.123 e. The van der Waals surface area contributed by atoms with E-state index in [9.17, 15) is 4.39 Å². The summed E-state index contributed by atoms with van der Waals surface area (Å²) in [5, 5.41) is 3.39. The molecule has 1 N–H and O–H groups in total. The van der Waals surface area contributed by atoms with Crippen LogP contribution < -0.4 is 5.32 Å². The Morgan fingerprint density at radius 2 is 2.12 bits per heavy atom. The maximum absolute atomic E-state index is 12.9. The predicted molar refractivity (Wildman–Crippen MR) is 68.5 cm³/mol. The number of likely N-dealkylation sites (N-methyl/N-ethyl adjacent to an activating group) is 1. The quantitative estimate of drug-likeness (QED) is 0.864. The summed E-state index contributed by atoms with van der Waals surface area (Å²) in [5.41, 5.74) is 1.21. The molecule has 94 valence electrons. The van der Waals surface area contributed by atoms with Gasteiger partial charge in [0.2, 0.25) is 0 Å². The maximum atomic E-state index is 12.9. The standard InChI is InChI=1S/C14H21FN2/c1-3-14(11-4-6-12(15)7-5-11)17(2)13-8-9-16-10-13/h4-7,13-14,16H,3,8-10H2,1-2H3. The van der Waals surface area contributed by atoms with Gasteiger partial charge in [0.05, 0.1) is 0 Å². The molecule has 2 unspecified atom stereocenters. The van der Waals surface area contributed by atoms with Gasteiger partial charge in [-0.2, -0.15) is 0 Å². The van der Waals surface area contributed by atoms with Crippen LogP contribution in [-0.2, 0) is 0 Å². The summed E-state index contributed by atoms with van der Waals surface area (Å²) in [6.07, 6.45) is 2.26. The van der Waals surface area contributed by atoms with E-state index in [0.29, 0.717) is 12.1 Å². The molecule has 2 atom stereocenters. The van der Waals surface area contributed by atoms with Crippen molar-refractivity contribution in [3.05, 3.63) is 35.6 Å². The molecule has 1 aromatic carbocycles. The minimum Gasteiger partial charge on any atom is -0.315 e. The van der Waals surface area contributed by atoms with Crippen LogP contribution in [0.25, 0.3) is 0 Å². The Morgan fingerprint density at radius 1 is 1.41 bits per heavy atom. The minimum atomic E-state index is -0.159. The van der Waals surface area contributed by atoms with Gasteiger partial charge in [0, 0.05) is 18.6 Å². The second kappa shape index (κ2) is 5.61. The van der Waals surface area contributed by atoms with Crippen LogP contribution in [0.3, 0.4) is 0 Å². The summed E-state index contributed by atoms with van der Waals surface area (Å²) in [6.45, 7) is 4.36. The van der Waals surface area contributed by atoms with E-state index < -0.39 is 0 Å². The van der Waals surface area contributed by atoms with Gasteiger partial charge in [-0.1, -0.05) is 19.1 Å². The van der Waals surface area contributed by atoms with Gasteiger partial charge in [0.15, 0.2) is 0 Å². The van der Waals surface area contributed by atoms with Gasteiger partial charge >= 0.3 is 0 Å². The fourth-order valence-electron chi connectivity index (χ4n) is 2.69. The van der Waals surface area contributed by atoms with Gasteiger partial charge < -0.3 is 5.32 Å². The highest BCUT2D eigenvalue weighted by Gasteiger charge is 2.25. The Labute approximate surface area is 103 Å². The van der Waals surface area contributed by atoms with Crippen LogP contribution in [0.4, 0.5) is 4.39 Å². The van der Waals surface area contributed by atoms with Crippen LogP contribution in [0.15, 0.2) is 24.3 Å². The van der Waals surface area contributed by atoms with Gasteiger partial charge in [-0.3, -0.25) is 4.90 Å². The first-order chi connectivity index (χ1) is 8.22. The van der Waals surface area contributed by atoms with Crippen LogP contribution in [-0.4, -0.2) is 31.1 Å². The Hall–Kier alpha value is -0.930. The molecule has 1 aromatic rings. The first-order valence-electron chi connectivity index (χ1n) is 6.40. The second-order valence-corrected chi connectivity index (χ2v) is 4.79. The molecule has 3 heteroatoms. The molecule has 1 fully saturated rings. The lowest BCUT2D eigenvalue weighted by Crippen LogP contribution is -2.36. The average molecular weight is 236 g/mol. The van der Waals surface area contributed by atoms with Crippen LogP contribution >= 0.6 is 0 Å². The van der Waals surface area contributed by atoms with Crippen molar-refractivity contribution in [2.24, 2.45) is 0 Å². The third-order valence-corrected chi connectivity index (χ3v) is 3.74. The molecule has 1 aliphatic rings. The summed E-state index contributed by atoms with van der Waals surface area (Å²) in [7, 11) is 2.18. The molecule has 0 bridgehead atoms. The van der Waals surface area contributed by atoms with Gasteiger partial charge in [-0.05, 0) is 44.1 Å². The number of hydrogen-bond donors (Lipinski definition) is 1. The summed E-state index contributed by atoms with van der Waals surface area (Å²) in [6, 6.07) is 7.91. The zero-order chi connectivity index (χ0) is 12.3. The van der Waals surface area contributed by atoms with Gasteiger partial charge in [-0.15, -0.1) is 0 Å². The van der Waals surface area contributed by atoms with Gasteiger partial charge in [-0.25, -0.2) is 4.39 Å². The molecule has 0 radical (unpaired) electrons. The molecule has 0 saturated carbocycles. The lowest BCUT2D eigenvalue weighted by molar-refractivity contribution is 0.179.